The van der Waals surface area contributed by atoms with Crippen molar-refractivity contribution in [2.24, 2.45) is 0 Å². The molecule has 7 heteroatoms. The second-order valence-corrected chi connectivity index (χ2v) is 6.39. The Bertz CT molecular complexity index is 798. The van der Waals surface area contributed by atoms with Gasteiger partial charge in [0.25, 0.3) is 5.91 Å². The van der Waals surface area contributed by atoms with Crippen LogP contribution in [0.4, 0.5) is 4.39 Å². The largest absolute Gasteiger partial charge is 0.348 e. The first-order valence-corrected chi connectivity index (χ1v) is 8.36. The van der Waals surface area contributed by atoms with Gasteiger partial charge < -0.3 is 10.6 Å². The number of nitrogens with one attached hydrogen (secondary N) is 2. The van der Waals surface area contributed by atoms with Crippen LogP contribution in [-0.4, -0.2) is 17.9 Å². The van der Waals surface area contributed by atoms with Gasteiger partial charge in [-0.15, -0.1) is 0 Å². The third-order valence-corrected chi connectivity index (χ3v) is 4.28. The average Bonchev–Trinajstić information content (AvgIpc) is 2.57. The van der Waals surface area contributed by atoms with Crippen molar-refractivity contribution < 1.29 is 14.0 Å². The van der Waals surface area contributed by atoms with Crippen LogP contribution < -0.4 is 10.6 Å². The summed E-state index contributed by atoms with van der Waals surface area (Å²) in [7, 11) is 0. The highest BCUT2D eigenvalue weighted by molar-refractivity contribution is 6.33. The molecule has 0 heterocycles. The first kappa shape index (κ1) is 19.2. The maximum absolute atomic E-state index is 13.2. The lowest BCUT2D eigenvalue weighted by molar-refractivity contribution is -0.123. The smallest absolute Gasteiger partial charge is 0.253 e. The summed E-state index contributed by atoms with van der Waals surface area (Å²) in [5.41, 5.74) is 0.951. The van der Waals surface area contributed by atoms with Crippen LogP contribution in [0.2, 0.25) is 10.0 Å². The van der Waals surface area contributed by atoms with E-state index in [1.54, 1.807) is 44.2 Å². The fraction of sp³-hybridized carbons (Fsp3) is 0.222. The van der Waals surface area contributed by atoms with Gasteiger partial charge in [0.2, 0.25) is 5.91 Å². The number of hydrogen-bond acceptors (Lipinski definition) is 2. The highest BCUT2D eigenvalue weighted by Crippen LogP contribution is 2.21. The second-order valence-electron chi connectivity index (χ2n) is 5.58. The average molecular weight is 383 g/mol. The molecule has 0 aliphatic rings. The summed E-state index contributed by atoms with van der Waals surface area (Å²) in [4.78, 5) is 24.4. The lowest BCUT2D eigenvalue weighted by atomic mass is 10.1. The van der Waals surface area contributed by atoms with Crippen LogP contribution in [0, 0.1) is 5.82 Å². The molecule has 0 radical (unpaired) electrons. The van der Waals surface area contributed by atoms with Gasteiger partial charge in [0.05, 0.1) is 21.7 Å². The molecule has 2 rings (SSSR count). The van der Waals surface area contributed by atoms with E-state index in [0.717, 1.165) is 0 Å². The molecule has 132 valence electrons. The fourth-order valence-electron chi connectivity index (χ4n) is 2.19. The highest BCUT2D eigenvalue weighted by atomic mass is 35.5. The molecule has 2 aromatic carbocycles. The molecule has 0 saturated heterocycles. The zero-order valence-electron chi connectivity index (χ0n) is 13.6. The van der Waals surface area contributed by atoms with Crippen molar-refractivity contribution in [3.63, 3.8) is 0 Å². The Morgan fingerprint density at radius 3 is 2.32 bits per heavy atom. The summed E-state index contributed by atoms with van der Waals surface area (Å²) < 4.78 is 13.2. The summed E-state index contributed by atoms with van der Waals surface area (Å²) >= 11 is 11.7. The summed E-state index contributed by atoms with van der Waals surface area (Å²) in [5, 5.41) is 5.63. The maximum Gasteiger partial charge on any atom is 0.253 e. The summed E-state index contributed by atoms with van der Waals surface area (Å²) in [6.45, 7) is 3.30. The molecule has 0 aromatic heterocycles. The van der Waals surface area contributed by atoms with Gasteiger partial charge in [-0.1, -0.05) is 41.4 Å². The molecule has 0 fully saturated rings. The number of carbonyl (C=O) groups is 2. The Hall–Kier alpha value is -2.11. The van der Waals surface area contributed by atoms with Crippen LogP contribution in [0.3, 0.4) is 0 Å². The topological polar surface area (TPSA) is 58.2 Å². The van der Waals surface area contributed by atoms with E-state index in [2.05, 4.69) is 10.6 Å². The van der Waals surface area contributed by atoms with Crippen LogP contribution in [0.25, 0.3) is 0 Å². The number of amides is 2. The number of benzene rings is 2. The van der Waals surface area contributed by atoms with E-state index in [0.29, 0.717) is 16.1 Å². The Labute approximate surface area is 155 Å². The molecule has 2 atom stereocenters. The van der Waals surface area contributed by atoms with Crippen LogP contribution in [0.5, 0.6) is 0 Å². The summed E-state index contributed by atoms with van der Waals surface area (Å²) in [6, 6.07) is 9.63. The van der Waals surface area contributed by atoms with Crippen molar-refractivity contribution in [2.45, 2.75) is 25.9 Å². The molecule has 0 saturated carbocycles. The zero-order chi connectivity index (χ0) is 18.6. The molecule has 2 unspecified atom stereocenters. The molecule has 4 nitrogen and oxygen atoms in total. The molecule has 25 heavy (non-hydrogen) atoms. The zero-order valence-corrected chi connectivity index (χ0v) is 15.2. The van der Waals surface area contributed by atoms with Gasteiger partial charge in [0.15, 0.2) is 0 Å². The van der Waals surface area contributed by atoms with Gasteiger partial charge in [-0.25, -0.2) is 4.39 Å². The SMILES string of the molecule is CC(NC(=O)c1ccccc1Cl)C(=O)NC(C)c1ccc(F)c(Cl)c1. The van der Waals surface area contributed by atoms with Gasteiger partial charge >= 0.3 is 0 Å². The number of rotatable bonds is 5. The molecule has 0 spiro atoms. The minimum atomic E-state index is -0.776. The quantitative estimate of drug-likeness (QED) is 0.816. The number of carbonyl (C=O) groups excluding carboxylic acids is 2. The van der Waals surface area contributed by atoms with Crippen molar-refractivity contribution in [3.05, 3.63) is 69.5 Å². The minimum Gasteiger partial charge on any atom is -0.348 e. The Morgan fingerprint density at radius 2 is 1.68 bits per heavy atom. The summed E-state index contributed by atoms with van der Waals surface area (Å²) in [5.74, 6) is -1.34. The fourth-order valence-corrected chi connectivity index (χ4v) is 2.60. The van der Waals surface area contributed by atoms with E-state index in [1.807, 2.05) is 0 Å². The third kappa shape index (κ3) is 4.94. The van der Waals surface area contributed by atoms with E-state index in [9.17, 15) is 14.0 Å². The van der Waals surface area contributed by atoms with Crippen LogP contribution in [0.15, 0.2) is 42.5 Å². The van der Waals surface area contributed by atoms with E-state index in [4.69, 9.17) is 23.2 Å². The van der Waals surface area contributed by atoms with Crippen molar-refractivity contribution >= 4 is 35.0 Å². The van der Waals surface area contributed by atoms with Crippen molar-refractivity contribution in [2.75, 3.05) is 0 Å². The lowest BCUT2D eigenvalue weighted by Crippen LogP contribution is -2.45. The molecule has 2 aromatic rings. The minimum absolute atomic E-state index is 0.0151. The van der Waals surface area contributed by atoms with Crippen molar-refractivity contribution in [1.29, 1.82) is 0 Å². The van der Waals surface area contributed by atoms with Crippen molar-refractivity contribution in [3.8, 4) is 0 Å². The lowest BCUT2D eigenvalue weighted by Gasteiger charge is -2.19. The summed E-state index contributed by atoms with van der Waals surface area (Å²) in [6.07, 6.45) is 0. The molecular formula is C18H17Cl2FN2O2. The standard InChI is InChI=1S/C18H17Cl2FN2O2/c1-10(12-7-8-16(21)15(20)9-12)22-17(24)11(2)23-18(25)13-5-3-4-6-14(13)19/h3-11H,1-2H3,(H,22,24)(H,23,25). The first-order valence-electron chi connectivity index (χ1n) is 7.60. The first-order chi connectivity index (χ1) is 11.8. The van der Waals surface area contributed by atoms with E-state index in [-0.39, 0.29) is 10.9 Å². The second kappa shape index (κ2) is 8.32. The van der Waals surface area contributed by atoms with Crippen LogP contribution in [0.1, 0.15) is 35.8 Å². The molecule has 0 aliphatic heterocycles. The number of hydrogen-bond donors (Lipinski definition) is 2. The monoisotopic (exact) mass is 382 g/mol. The number of halogens is 3. The molecule has 0 bridgehead atoms. The van der Waals surface area contributed by atoms with E-state index >= 15 is 0 Å². The Balaban J connectivity index is 1.99. The maximum atomic E-state index is 13.2. The predicted octanol–water partition coefficient (Wildman–Crippen LogP) is 4.13. The van der Waals surface area contributed by atoms with Crippen LogP contribution in [-0.2, 0) is 4.79 Å². The highest BCUT2D eigenvalue weighted by Gasteiger charge is 2.20. The molecule has 0 aliphatic carbocycles. The van der Waals surface area contributed by atoms with Gasteiger partial charge in [0, 0.05) is 0 Å². The Morgan fingerprint density at radius 1 is 1.00 bits per heavy atom. The van der Waals surface area contributed by atoms with Gasteiger partial charge in [-0.3, -0.25) is 9.59 Å². The van der Waals surface area contributed by atoms with Gasteiger partial charge in [0.1, 0.15) is 11.9 Å². The van der Waals surface area contributed by atoms with Gasteiger partial charge in [-0.2, -0.15) is 0 Å². The Kier molecular flexibility index (Phi) is 6.39. The van der Waals surface area contributed by atoms with Crippen molar-refractivity contribution in [1.82, 2.24) is 10.6 Å². The van der Waals surface area contributed by atoms with E-state index in [1.165, 1.54) is 12.1 Å². The van der Waals surface area contributed by atoms with E-state index < -0.39 is 23.8 Å². The third-order valence-electron chi connectivity index (χ3n) is 3.66. The van der Waals surface area contributed by atoms with Crippen LogP contribution >= 0.6 is 23.2 Å². The molecule has 2 amide bonds. The molecular weight excluding hydrogens is 366 g/mol. The molecule has 2 N–H and O–H groups in total. The predicted molar refractivity (Wildman–Crippen MR) is 96.3 cm³/mol. The normalized spacial score (nSPS) is 13.0. The van der Waals surface area contributed by atoms with Gasteiger partial charge in [-0.05, 0) is 43.7 Å².